The number of allylic oxidation sites excluding steroid dienone is 6. The Morgan fingerprint density at radius 2 is 0.823 bits per heavy atom. The van der Waals surface area contributed by atoms with Gasteiger partial charge in [-0.3, -0.25) is 9.59 Å². The van der Waals surface area contributed by atoms with Crippen molar-refractivity contribution in [1.82, 2.24) is 5.32 Å². The summed E-state index contributed by atoms with van der Waals surface area (Å²) in [5, 5.41) is 23.8. The summed E-state index contributed by atoms with van der Waals surface area (Å²) in [5.74, 6) is -0.480. The number of carbonyl (C=O) groups excluding carboxylic acids is 2. The summed E-state index contributed by atoms with van der Waals surface area (Å²) in [7, 11) is 0. The van der Waals surface area contributed by atoms with Crippen LogP contribution in [-0.2, 0) is 14.3 Å². The van der Waals surface area contributed by atoms with Gasteiger partial charge in [-0.25, -0.2) is 0 Å². The summed E-state index contributed by atoms with van der Waals surface area (Å²) in [6.45, 7) is 6.46. The van der Waals surface area contributed by atoms with Gasteiger partial charge in [-0.15, -0.1) is 0 Å². The first-order chi connectivity index (χ1) is 30.5. The van der Waals surface area contributed by atoms with Crippen LogP contribution in [-0.4, -0.2) is 46.9 Å². The number of ether oxygens (including phenoxy) is 1. The van der Waals surface area contributed by atoms with Gasteiger partial charge in [-0.1, -0.05) is 224 Å². The van der Waals surface area contributed by atoms with Crippen LogP contribution in [0.2, 0.25) is 0 Å². The second-order valence-electron chi connectivity index (χ2n) is 18.6. The van der Waals surface area contributed by atoms with Crippen LogP contribution in [0, 0.1) is 0 Å². The predicted molar refractivity (Wildman–Crippen MR) is 269 cm³/mol. The topological polar surface area (TPSA) is 95.9 Å². The van der Waals surface area contributed by atoms with Crippen LogP contribution in [0.5, 0.6) is 0 Å². The number of amides is 1. The molecule has 0 aliphatic carbocycles. The zero-order valence-corrected chi connectivity index (χ0v) is 41.5. The molecule has 364 valence electrons. The molecule has 0 fully saturated rings. The van der Waals surface area contributed by atoms with E-state index in [-0.39, 0.29) is 24.9 Å². The molecule has 0 aromatic heterocycles. The molecule has 0 radical (unpaired) electrons. The Morgan fingerprint density at radius 3 is 1.27 bits per heavy atom. The van der Waals surface area contributed by atoms with Crippen molar-refractivity contribution >= 4 is 11.9 Å². The highest BCUT2D eigenvalue weighted by Gasteiger charge is 2.24. The van der Waals surface area contributed by atoms with Crippen molar-refractivity contribution in [3.05, 3.63) is 36.5 Å². The lowest BCUT2D eigenvalue weighted by atomic mass is 10.0. The lowest BCUT2D eigenvalue weighted by Crippen LogP contribution is -2.46. The van der Waals surface area contributed by atoms with Crippen molar-refractivity contribution in [2.75, 3.05) is 6.61 Å². The Bertz CT molecular complexity index is 1020. The van der Waals surface area contributed by atoms with E-state index < -0.39 is 18.2 Å². The highest BCUT2D eigenvalue weighted by Crippen LogP contribution is 2.18. The van der Waals surface area contributed by atoms with Crippen LogP contribution in [0.15, 0.2) is 36.5 Å². The first-order valence-electron chi connectivity index (χ1n) is 27.2. The molecule has 0 aromatic rings. The zero-order chi connectivity index (χ0) is 45.2. The minimum absolute atomic E-state index is 0.0712. The minimum Gasteiger partial charge on any atom is -0.462 e. The second-order valence-corrected chi connectivity index (χ2v) is 18.6. The van der Waals surface area contributed by atoms with E-state index in [2.05, 4.69) is 62.5 Å². The van der Waals surface area contributed by atoms with E-state index in [0.717, 1.165) is 77.0 Å². The number of carbonyl (C=O) groups is 2. The molecule has 0 rings (SSSR count). The number of hydrogen-bond acceptors (Lipinski definition) is 5. The minimum atomic E-state index is -0.789. The van der Waals surface area contributed by atoms with Crippen LogP contribution in [0.1, 0.15) is 284 Å². The molecule has 0 heterocycles. The fraction of sp³-hybridized carbons (Fsp3) is 0.857. The van der Waals surface area contributed by atoms with Gasteiger partial charge in [0.15, 0.2) is 0 Å². The van der Waals surface area contributed by atoms with Crippen molar-refractivity contribution in [3.8, 4) is 0 Å². The Kier molecular flexibility index (Phi) is 48.5. The Labute approximate surface area is 385 Å². The standard InChI is InChI=1S/C56H105NO5/c1-4-7-10-13-16-19-22-24-26-27-29-31-34-37-40-43-46-49-56(61)62-52(47-44-41-38-35-33-30-28-25-23-20-17-14-11-8-5-2)50-55(60)57-53(51-58)54(59)48-45-42-39-36-32-21-18-15-12-9-6-3/h16,19,24-26,28,52-54,58-59H,4-15,17-18,20-23,27,29-51H2,1-3H3,(H,57,60)/b19-16-,26-24-,28-25+. The summed E-state index contributed by atoms with van der Waals surface area (Å²) >= 11 is 0. The van der Waals surface area contributed by atoms with Crippen LogP contribution in [0.25, 0.3) is 0 Å². The first kappa shape index (κ1) is 60.1. The SMILES string of the molecule is CCCCC/C=C\C/C=C\CCCCCCCCCC(=O)OC(CCCCCCC/C=C/CCCCCCCC)CC(=O)NC(CO)C(O)CCCCCCCCCCCCC. The van der Waals surface area contributed by atoms with Gasteiger partial charge in [0, 0.05) is 6.42 Å². The molecular formula is C56H105NO5. The van der Waals surface area contributed by atoms with Crippen molar-refractivity contribution in [3.63, 3.8) is 0 Å². The van der Waals surface area contributed by atoms with E-state index in [9.17, 15) is 19.8 Å². The van der Waals surface area contributed by atoms with Crippen LogP contribution in [0.3, 0.4) is 0 Å². The fourth-order valence-corrected chi connectivity index (χ4v) is 8.28. The lowest BCUT2D eigenvalue weighted by Gasteiger charge is -2.24. The van der Waals surface area contributed by atoms with Crippen LogP contribution >= 0.6 is 0 Å². The summed E-state index contributed by atoms with van der Waals surface area (Å²) in [5.41, 5.74) is 0. The Balaban J connectivity index is 4.58. The van der Waals surface area contributed by atoms with Gasteiger partial charge in [0.2, 0.25) is 5.91 Å². The van der Waals surface area contributed by atoms with Gasteiger partial charge >= 0.3 is 5.97 Å². The van der Waals surface area contributed by atoms with Gasteiger partial charge < -0.3 is 20.3 Å². The van der Waals surface area contributed by atoms with Gasteiger partial charge in [-0.2, -0.15) is 0 Å². The van der Waals surface area contributed by atoms with Crippen LogP contribution < -0.4 is 5.32 Å². The maximum atomic E-state index is 13.2. The summed E-state index contributed by atoms with van der Waals surface area (Å²) in [4.78, 5) is 26.2. The summed E-state index contributed by atoms with van der Waals surface area (Å²) in [6, 6.07) is -0.703. The number of nitrogens with one attached hydrogen (secondary N) is 1. The molecule has 3 atom stereocenters. The predicted octanol–water partition coefficient (Wildman–Crippen LogP) is 16.5. The molecule has 0 spiro atoms. The van der Waals surface area contributed by atoms with E-state index in [1.807, 2.05) is 0 Å². The molecule has 6 heteroatoms. The highest BCUT2D eigenvalue weighted by molar-refractivity contribution is 5.77. The molecule has 1 amide bonds. The quantitative estimate of drug-likeness (QED) is 0.0321. The van der Waals surface area contributed by atoms with E-state index >= 15 is 0 Å². The van der Waals surface area contributed by atoms with Crippen molar-refractivity contribution in [2.24, 2.45) is 0 Å². The summed E-state index contributed by atoms with van der Waals surface area (Å²) in [6.07, 6.45) is 59.1. The molecule has 3 N–H and O–H groups in total. The lowest BCUT2D eigenvalue weighted by molar-refractivity contribution is -0.151. The molecular weight excluding hydrogens is 767 g/mol. The van der Waals surface area contributed by atoms with Gasteiger partial charge in [0.1, 0.15) is 6.10 Å². The third-order valence-electron chi connectivity index (χ3n) is 12.4. The average molecular weight is 872 g/mol. The molecule has 0 aliphatic heterocycles. The third kappa shape index (κ3) is 44.7. The van der Waals surface area contributed by atoms with Gasteiger partial charge in [0.25, 0.3) is 0 Å². The van der Waals surface area contributed by atoms with E-state index in [1.54, 1.807) is 0 Å². The van der Waals surface area contributed by atoms with Crippen molar-refractivity contribution in [2.45, 2.75) is 302 Å². The molecule has 6 nitrogen and oxygen atoms in total. The number of rotatable bonds is 49. The number of aliphatic hydroxyl groups is 2. The monoisotopic (exact) mass is 872 g/mol. The maximum absolute atomic E-state index is 13.2. The number of esters is 1. The van der Waals surface area contributed by atoms with E-state index in [1.165, 1.54) is 161 Å². The molecule has 0 saturated heterocycles. The Morgan fingerprint density at radius 1 is 0.468 bits per heavy atom. The number of hydrogen-bond donors (Lipinski definition) is 3. The van der Waals surface area contributed by atoms with E-state index in [0.29, 0.717) is 19.3 Å². The van der Waals surface area contributed by atoms with Crippen molar-refractivity contribution < 1.29 is 24.5 Å². The van der Waals surface area contributed by atoms with Gasteiger partial charge in [0.05, 0.1) is 25.2 Å². The second kappa shape index (κ2) is 50.1. The average Bonchev–Trinajstić information content (AvgIpc) is 3.26. The fourth-order valence-electron chi connectivity index (χ4n) is 8.28. The van der Waals surface area contributed by atoms with Crippen molar-refractivity contribution in [1.29, 1.82) is 0 Å². The molecule has 3 unspecified atom stereocenters. The molecule has 0 aromatic carbocycles. The van der Waals surface area contributed by atoms with Gasteiger partial charge in [-0.05, 0) is 83.5 Å². The third-order valence-corrected chi connectivity index (χ3v) is 12.4. The smallest absolute Gasteiger partial charge is 0.306 e. The maximum Gasteiger partial charge on any atom is 0.306 e. The molecule has 0 bridgehead atoms. The highest BCUT2D eigenvalue weighted by atomic mass is 16.5. The molecule has 0 aliphatic rings. The number of aliphatic hydroxyl groups excluding tert-OH is 2. The zero-order valence-electron chi connectivity index (χ0n) is 41.5. The van der Waals surface area contributed by atoms with E-state index in [4.69, 9.17) is 4.74 Å². The normalized spacial score (nSPS) is 13.4. The van der Waals surface area contributed by atoms with Crippen LogP contribution in [0.4, 0.5) is 0 Å². The summed E-state index contributed by atoms with van der Waals surface area (Å²) < 4.78 is 5.94. The molecule has 0 saturated carbocycles. The first-order valence-corrected chi connectivity index (χ1v) is 27.2. The largest absolute Gasteiger partial charge is 0.462 e. The molecule has 62 heavy (non-hydrogen) atoms. The Hall–Kier alpha value is -1.92. The number of unbranched alkanes of at least 4 members (excludes halogenated alkanes) is 31.